The Morgan fingerprint density at radius 2 is 1.29 bits per heavy atom. The first kappa shape index (κ1) is 33.8. The fourth-order valence-corrected chi connectivity index (χ4v) is 3.05. The molecule has 0 saturated heterocycles. The average Bonchev–Trinajstić information content (AvgIpc) is 2.97. The quantitative estimate of drug-likeness (QED) is 0.142. The molecule has 1 aromatic carbocycles. The number of quaternary nitrogens is 1. The first-order chi connectivity index (χ1) is 15.7. The summed E-state index contributed by atoms with van der Waals surface area (Å²) in [6.45, 7) is 5.43. The van der Waals surface area contributed by atoms with Gasteiger partial charge in [-0.2, -0.15) is 26.3 Å². The second-order valence-electron chi connectivity index (χ2n) is 7.01. The fraction of sp³-hybridized carbons (Fsp3) is 0.611. The number of para-hydroxylation sites is 2. The molecular formula is C18H24CuF6N2O6S2+. The number of amidine groups is 1. The van der Waals surface area contributed by atoms with E-state index < -0.39 is 31.3 Å². The minimum Gasteiger partial charge on any atom is -0.741 e. The van der Waals surface area contributed by atoms with Crippen molar-refractivity contribution in [3.63, 3.8) is 0 Å². The molecule has 0 aliphatic carbocycles. The van der Waals surface area contributed by atoms with Gasteiger partial charge in [0.05, 0.1) is 0 Å². The van der Waals surface area contributed by atoms with Crippen LogP contribution in [0.15, 0.2) is 29.3 Å². The van der Waals surface area contributed by atoms with E-state index in [0.717, 1.165) is 25.1 Å². The number of aliphatic imine (C=N–C) groups is 1. The van der Waals surface area contributed by atoms with Crippen LogP contribution in [-0.2, 0) is 36.5 Å². The normalized spacial score (nSPS) is 18.0. The number of alkyl halides is 6. The molecule has 17 heteroatoms. The standard InChI is InChI=1S/C16H24N2.2CHF3O3S.Cu/c1-3-5-7-12-16-17-14-10-8-9-11-15(14)18(16)13-6-4-2;2*2-1(3,4)8(5,6)7;/h8-11H,3-7,12-13H2,1-2H3;2*(H,5,6,7);/q;;;+3/p-2. The predicted octanol–water partition coefficient (Wildman–Crippen LogP) is 4.98. The molecular weight excluding hydrogens is 582 g/mol. The molecule has 1 unspecified atom stereocenters. The summed E-state index contributed by atoms with van der Waals surface area (Å²) >= 11 is 6.15. The van der Waals surface area contributed by atoms with Crippen molar-refractivity contribution in [2.24, 2.45) is 4.99 Å². The van der Waals surface area contributed by atoms with E-state index in [1.807, 2.05) is 0 Å². The first-order valence-corrected chi connectivity index (χ1v) is 13.2. The molecule has 0 amide bonds. The average molecular weight is 606 g/mol. The van der Waals surface area contributed by atoms with Gasteiger partial charge in [0.2, 0.25) is 0 Å². The maximum atomic E-state index is 10.7. The molecule has 1 heterocycles. The molecule has 35 heavy (non-hydrogen) atoms. The minimum absolute atomic E-state index is 0.501. The summed E-state index contributed by atoms with van der Waals surface area (Å²) in [6, 6.07) is 8.35. The van der Waals surface area contributed by atoms with Crippen LogP contribution in [-0.4, -0.2) is 49.3 Å². The Hall–Kier alpha value is -1.23. The molecule has 1 atom stereocenters. The van der Waals surface area contributed by atoms with Gasteiger partial charge in [-0.1, -0.05) is 0 Å². The van der Waals surface area contributed by atoms with Crippen LogP contribution in [0.25, 0.3) is 0 Å². The van der Waals surface area contributed by atoms with Crippen LogP contribution < -0.4 is 3.50 Å². The SMILES string of the molecule is CCCCCC1=Nc2ccccc2[N+]1([Cu+2])CCCC.O=S(=O)([O-])C(F)(F)F.O=S(=O)([O-])C(F)(F)F. The van der Waals surface area contributed by atoms with Gasteiger partial charge in [-0.05, 0) is 0 Å². The van der Waals surface area contributed by atoms with Crippen LogP contribution >= 0.6 is 0 Å². The molecule has 1 aromatic rings. The number of unbranched alkanes of at least 4 members (excludes halogenated alkanes) is 3. The summed E-state index contributed by atoms with van der Waals surface area (Å²) < 4.78 is 118. The molecule has 0 bridgehead atoms. The van der Waals surface area contributed by atoms with Gasteiger partial charge in [0.1, 0.15) is 0 Å². The van der Waals surface area contributed by atoms with Crippen molar-refractivity contribution in [1.29, 1.82) is 0 Å². The molecule has 206 valence electrons. The number of halogens is 6. The number of rotatable bonds is 7. The Labute approximate surface area is 208 Å². The summed E-state index contributed by atoms with van der Waals surface area (Å²) in [6.07, 6.45) is 7.06. The van der Waals surface area contributed by atoms with Gasteiger partial charge >= 0.3 is 136 Å². The van der Waals surface area contributed by atoms with Gasteiger partial charge in [0.15, 0.2) is 20.2 Å². The maximum absolute atomic E-state index is 10.7. The summed E-state index contributed by atoms with van der Waals surface area (Å²) in [5, 5.41) is 0. The first-order valence-electron chi connectivity index (χ1n) is 9.98. The van der Waals surface area contributed by atoms with Crippen molar-refractivity contribution in [2.75, 3.05) is 6.54 Å². The van der Waals surface area contributed by atoms with E-state index in [1.165, 1.54) is 37.2 Å². The van der Waals surface area contributed by atoms with Crippen LogP contribution in [0, 0.1) is 0 Å². The van der Waals surface area contributed by atoms with Crippen LogP contribution in [0.4, 0.5) is 37.7 Å². The van der Waals surface area contributed by atoms with E-state index in [0.29, 0.717) is 3.50 Å². The summed E-state index contributed by atoms with van der Waals surface area (Å²) in [5.41, 5.74) is -9.02. The van der Waals surface area contributed by atoms with Gasteiger partial charge < -0.3 is 9.11 Å². The van der Waals surface area contributed by atoms with Crippen molar-refractivity contribution < 1.29 is 68.5 Å². The van der Waals surface area contributed by atoms with E-state index in [4.69, 9.17) is 47.2 Å². The second-order valence-corrected chi connectivity index (χ2v) is 10.5. The smallest absolute Gasteiger partial charge is 0.485 e. The number of benzene rings is 1. The van der Waals surface area contributed by atoms with Crippen LogP contribution in [0.3, 0.4) is 0 Å². The Morgan fingerprint density at radius 3 is 1.69 bits per heavy atom. The van der Waals surface area contributed by atoms with Crippen molar-refractivity contribution >= 4 is 37.4 Å². The summed E-state index contributed by atoms with van der Waals surface area (Å²) in [4.78, 5) is 4.81. The zero-order valence-electron chi connectivity index (χ0n) is 18.5. The molecule has 0 aromatic heterocycles. The van der Waals surface area contributed by atoms with Gasteiger partial charge in [0, 0.05) is 0 Å². The second kappa shape index (κ2) is 13.4. The molecule has 1 aliphatic heterocycles. The zero-order valence-corrected chi connectivity index (χ0v) is 21.1. The maximum Gasteiger partial charge on any atom is 0.485 e. The molecule has 0 spiro atoms. The number of nitrogens with zero attached hydrogens (tertiary/aromatic N) is 2. The molecule has 1 aliphatic rings. The predicted molar refractivity (Wildman–Crippen MR) is 111 cm³/mol. The molecule has 2 rings (SSSR count). The monoisotopic (exact) mass is 605 g/mol. The molecule has 0 saturated carbocycles. The zero-order chi connectivity index (χ0) is 27.7. The number of fused-ring (bicyclic) bond motifs is 1. The van der Waals surface area contributed by atoms with Crippen LogP contribution in [0.5, 0.6) is 0 Å². The molecule has 0 N–H and O–H groups in total. The topological polar surface area (TPSA) is 127 Å². The van der Waals surface area contributed by atoms with E-state index in [2.05, 4.69) is 38.1 Å². The van der Waals surface area contributed by atoms with Gasteiger partial charge in [0.25, 0.3) is 0 Å². The fourth-order valence-electron chi connectivity index (χ4n) is 2.57. The minimum atomic E-state index is -6.09. The van der Waals surface area contributed by atoms with Gasteiger partial charge in [-0.15, -0.1) is 0 Å². The van der Waals surface area contributed by atoms with E-state index in [1.54, 1.807) is 0 Å². The molecule has 8 nitrogen and oxygen atoms in total. The van der Waals surface area contributed by atoms with Crippen molar-refractivity contribution in [3.05, 3.63) is 24.3 Å². The van der Waals surface area contributed by atoms with Crippen LogP contribution in [0.2, 0.25) is 0 Å². The van der Waals surface area contributed by atoms with Gasteiger partial charge in [-0.3, -0.25) is 0 Å². The Morgan fingerprint density at radius 1 is 0.857 bits per heavy atom. The Bertz CT molecular complexity index is 1020. The number of hydrogen-bond donors (Lipinski definition) is 0. The largest absolute Gasteiger partial charge is 0.741 e. The van der Waals surface area contributed by atoms with E-state index in [-0.39, 0.29) is 0 Å². The van der Waals surface area contributed by atoms with E-state index >= 15 is 0 Å². The third-order valence-electron chi connectivity index (χ3n) is 4.26. The summed E-state index contributed by atoms with van der Waals surface area (Å²) in [5.74, 6) is 1.17. The molecule has 0 radical (unpaired) electrons. The third-order valence-corrected chi connectivity index (χ3v) is 6.07. The third kappa shape index (κ3) is 10.7. The Kier molecular flexibility index (Phi) is 12.9. The van der Waals surface area contributed by atoms with Crippen LogP contribution in [0.1, 0.15) is 52.4 Å². The summed E-state index contributed by atoms with van der Waals surface area (Å²) in [7, 11) is -12.2. The number of hydrogen-bond acceptors (Lipinski definition) is 7. The van der Waals surface area contributed by atoms with E-state index in [9.17, 15) is 26.3 Å². The van der Waals surface area contributed by atoms with Crippen molar-refractivity contribution in [3.8, 4) is 0 Å². The van der Waals surface area contributed by atoms with Crippen molar-refractivity contribution in [1.82, 2.24) is 3.50 Å². The van der Waals surface area contributed by atoms with Crippen molar-refractivity contribution in [2.45, 2.75) is 63.4 Å². The molecule has 0 fully saturated rings. The van der Waals surface area contributed by atoms with Gasteiger partial charge in [-0.25, -0.2) is 16.8 Å². The Balaban J connectivity index is 0.000000601.